The van der Waals surface area contributed by atoms with Gasteiger partial charge in [-0.15, -0.1) is 6.58 Å². The van der Waals surface area contributed by atoms with E-state index in [9.17, 15) is 4.79 Å². The van der Waals surface area contributed by atoms with Crippen molar-refractivity contribution in [1.29, 1.82) is 0 Å². The van der Waals surface area contributed by atoms with E-state index in [1.54, 1.807) is 42.0 Å². The van der Waals surface area contributed by atoms with Crippen LogP contribution in [0.5, 0.6) is 5.75 Å². The van der Waals surface area contributed by atoms with Gasteiger partial charge < -0.3 is 9.64 Å². The van der Waals surface area contributed by atoms with Crippen LogP contribution in [0.3, 0.4) is 0 Å². The second-order valence-electron chi connectivity index (χ2n) is 6.49. The Hall–Kier alpha value is -2.35. The van der Waals surface area contributed by atoms with Gasteiger partial charge in [0.15, 0.2) is 5.17 Å². The number of thioether (sulfide) groups is 2. The van der Waals surface area contributed by atoms with Crippen LogP contribution in [0.15, 0.2) is 74.9 Å². The monoisotopic (exact) mass is 457 g/mol. The fourth-order valence-electron chi connectivity index (χ4n) is 3.21. The smallest absolute Gasteiger partial charge is 0.269 e. The molecular weight excluding hydrogens is 438 g/mol. The highest BCUT2D eigenvalue weighted by atomic mass is 35.5. The second kappa shape index (κ2) is 8.79. The molecule has 0 spiro atoms. The summed E-state index contributed by atoms with van der Waals surface area (Å²) in [6.07, 6.45) is 1.71. The average molecular weight is 458 g/mol. The molecule has 0 atom stereocenters. The Labute approximate surface area is 189 Å². The predicted octanol–water partition coefficient (Wildman–Crippen LogP) is 5.90. The van der Waals surface area contributed by atoms with Gasteiger partial charge in [-0.2, -0.15) is 0 Å². The maximum atomic E-state index is 13.3. The van der Waals surface area contributed by atoms with Gasteiger partial charge in [-0.1, -0.05) is 29.4 Å². The number of amides is 1. The average Bonchev–Trinajstić information content (AvgIpc) is 3.27. The van der Waals surface area contributed by atoms with Crippen LogP contribution in [0, 0.1) is 0 Å². The van der Waals surface area contributed by atoms with E-state index < -0.39 is 0 Å². The van der Waals surface area contributed by atoms with Gasteiger partial charge in [0.2, 0.25) is 0 Å². The summed E-state index contributed by atoms with van der Waals surface area (Å²) in [4.78, 5) is 23.6. The van der Waals surface area contributed by atoms with Crippen LogP contribution >= 0.6 is 35.1 Å². The zero-order valence-corrected chi connectivity index (χ0v) is 19.0. The highest BCUT2D eigenvalue weighted by Crippen LogP contribution is 2.51. The Kier molecular flexibility index (Phi) is 6.13. The highest BCUT2D eigenvalue weighted by Gasteiger charge is 2.39. The number of methoxy groups -OCH3 is 1. The summed E-state index contributed by atoms with van der Waals surface area (Å²) in [7, 11) is 1.66. The van der Waals surface area contributed by atoms with Crippen molar-refractivity contribution in [1.82, 2.24) is 4.90 Å². The van der Waals surface area contributed by atoms with Gasteiger partial charge in [0.05, 0.1) is 18.5 Å². The molecule has 0 bridgehead atoms. The first-order valence-electron chi connectivity index (χ1n) is 9.38. The van der Waals surface area contributed by atoms with E-state index in [2.05, 4.69) is 18.4 Å². The van der Waals surface area contributed by atoms with Crippen molar-refractivity contribution in [3.8, 4) is 5.75 Å². The standard InChI is InChI=1S/C22H20ClN3O2S2/c1-4-12-26-20(27)19(30-22(26)24-15-8-6-14(23)7-9-15)21-25(5-2)17-13-16(28-3)10-11-18(17)29-21/h4,6-11,13H,1,5,12H2,2-3H3. The minimum Gasteiger partial charge on any atom is -0.497 e. The van der Waals surface area contributed by atoms with Crippen LogP contribution in [0.2, 0.25) is 5.02 Å². The number of benzene rings is 2. The fourth-order valence-corrected chi connectivity index (χ4v) is 5.71. The Bertz CT molecular complexity index is 1070. The number of ether oxygens (including phenoxy) is 1. The van der Waals surface area contributed by atoms with Crippen LogP contribution in [0.1, 0.15) is 6.92 Å². The summed E-state index contributed by atoms with van der Waals surface area (Å²) in [6.45, 7) is 7.01. The molecule has 4 rings (SSSR count). The van der Waals surface area contributed by atoms with Gasteiger partial charge >= 0.3 is 0 Å². The quantitative estimate of drug-likeness (QED) is 0.413. The number of nitrogens with zero attached hydrogens (tertiary/aromatic N) is 3. The van der Waals surface area contributed by atoms with E-state index in [1.165, 1.54) is 11.8 Å². The van der Waals surface area contributed by atoms with Crippen LogP contribution in [0.4, 0.5) is 11.4 Å². The van der Waals surface area contributed by atoms with Gasteiger partial charge in [0.1, 0.15) is 15.7 Å². The zero-order valence-electron chi connectivity index (χ0n) is 16.6. The molecule has 154 valence electrons. The Morgan fingerprint density at radius 1 is 1.17 bits per heavy atom. The molecular formula is C22H20ClN3O2S2. The minimum absolute atomic E-state index is 0.0617. The van der Waals surface area contributed by atoms with E-state index in [1.807, 2.05) is 30.3 Å². The van der Waals surface area contributed by atoms with E-state index in [-0.39, 0.29) is 5.91 Å². The Morgan fingerprint density at radius 2 is 1.93 bits per heavy atom. The summed E-state index contributed by atoms with van der Waals surface area (Å²) in [5, 5.41) is 2.20. The molecule has 2 aromatic rings. The molecule has 1 saturated heterocycles. The minimum atomic E-state index is -0.0617. The maximum absolute atomic E-state index is 13.3. The Balaban J connectivity index is 1.75. The van der Waals surface area contributed by atoms with Crippen molar-refractivity contribution in [2.75, 3.05) is 25.1 Å². The van der Waals surface area contributed by atoms with Crippen LogP contribution < -0.4 is 9.64 Å². The molecule has 8 heteroatoms. The van der Waals surface area contributed by atoms with Crippen molar-refractivity contribution in [3.63, 3.8) is 0 Å². The summed E-state index contributed by atoms with van der Waals surface area (Å²) >= 11 is 8.98. The molecule has 0 saturated carbocycles. The molecule has 2 aliphatic heterocycles. The number of fused-ring (bicyclic) bond motifs is 1. The lowest BCUT2D eigenvalue weighted by Gasteiger charge is -2.19. The van der Waals surface area contributed by atoms with Crippen molar-refractivity contribution < 1.29 is 9.53 Å². The summed E-state index contributed by atoms with van der Waals surface area (Å²) in [5.74, 6) is 0.732. The van der Waals surface area contributed by atoms with Crippen molar-refractivity contribution in [2.24, 2.45) is 4.99 Å². The fraction of sp³-hybridized carbons (Fsp3) is 0.182. The molecule has 0 aromatic heterocycles. The zero-order chi connectivity index (χ0) is 21.3. The molecule has 1 fully saturated rings. The van der Waals surface area contributed by atoms with E-state index in [0.29, 0.717) is 21.6 Å². The number of aliphatic imine (C=N–C) groups is 1. The third kappa shape index (κ3) is 3.85. The third-order valence-corrected chi connectivity index (χ3v) is 7.28. The van der Waals surface area contributed by atoms with Crippen molar-refractivity contribution in [2.45, 2.75) is 11.8 Å². The first-order valence-corrected chi connectivity index (χ1v) is 11.4. The number of anilines is 1. The molecule has 2 aliphatic rings. The first kappa shape index (κ1) is 20.9. The lowest BCUT2D eigenvalue weighted by molar-refractivity contribution is -0.121. The largest absolute Gasteiger partial charge is 0.497 e. The normalized spacial score (nSPS) is 19.6. The van der Waals surface area contributed by atoms with Crippen molar-refractivity contribution in [3.05, 3.63) is 70.1 Å². The number of hydrogen-bond donors (Lipinski definition) is 0. The molecule has 2 aromatic carbocycles. The first-order chi connectivity index (χ1) is 14.5. The number of hydrogen-bond acceptors (Lipinski definition) is 6. The third-order valence-electron chi connectivity index (χ3n) is 4.65. The lowest BCUT2D eigenvalue weighted by Crippen LogP contribution is -2.30. The number of amidine groups is 1. The maximum Gasteiger partial charge on any atom is 0.269 e. The van der Waals surface area contributed by atoms with Crippen LogP contribution in [0.25, 0.3) is 0 Å². The molecule has 30 heavy (non-hydrogen) atoms. The van der Waals surface area contributed by atoms with Gasteiger partial charge in [0, 0.05) is 29.1 Å². The van der Waals surface area contributed by atoms with Crippen LogP contribution in [-0.4, -0.2) is 36.2 Å². The van der Waals surface area contributed by atoms with Gasteiger partial charge in [-0.3, -0.25) is 9.69 Å². The summed E-state index contributed by atoms with van der Waals surface area (Å²) in [6, 6.07) is 13.2. The van der Waals surface area contributed by atoms with E-state index >= 15 is 0 Å². The molecule has 1 amide bonds. The molecule has 0 radical (unpaired) electrons. The number of carbonyl (C=O) groups excluding carboxylic acids is 1. The van der Waals surface area contributed by atoms with E-state index in [0.717, 1.165) is 33.6 Å². The van der Waals surface area contributed by atoms with Crippen LogP contribution in [-0.2, 0) is 4.79 Å². The van der Waals surface area contributed by atoms with E-state index in [4.69, 9.17) is 21.3 Å². The second-order valence-corrected chi connectivity index (χ2v) is 8.94. The Morgan fingerprint density at radius 3 is 2.60 bits per heavy atom. The molecule has 0 N–H and O–H groups in total. The summed E-state index contributed by atoms with van der Waals surface area (Å²) in [5.41, 5.74) is 1.80. The lowest BCUT2D eigenvalue weighted by atomic mass is 10.2. The molecule has 5 nitrogen and oxygen atoms in total. The summed E-state index contributed by atoms with van der Waals surface area (Å²) < 4.78 is 5.38. The molecule has 0 unspecified atom stereocenters. The SMILES string of the molecule is C=CCN1C(=O)C(=C2Sc3ccc(OC)cc3N2CC)SC1=Nc1ccc(Cl)cc1. The molecule has 2 heterocycles. The highest BCUT2D eigenvalue weighted by molar-refractivity contribution is 8.19. The van der Waals surface area contributed by atoms with Gasteiger partial charge in [0.25, 0.3) is 5.91 Å². The number of rotatable bonds is 5. The van der Waals surface area contributed by atoms with Crippen molar-refractivity contribution >= 4 is 57.6 Å². The predicted molar refractivity (Wildman–Crippen MR) is 127 cm³/mol. The van der Waals surface area contributed by atoms with Gasteiger partial charge in [-0.25, -0.2) is 4.99 Å². The number of carbonyl (C=O) groups is 1. The topological polar surface area (TPSA) is 45.1 Å². The van der Waals surface area contributed by atoms with Gasteiger partial charge in [-0.05, 0) is 55.1 Å². The molecule has 0 aliphatic carbocycles. The number of halogens is 1.